The van der Waals surface area contributed by atoms with Crippen LogP contribution in [0.4, 0.5) is 4.79 Å². The van der Waals surface area contributed by atoms with Crippen molar-refractivity contribution in [2.24, 2.45) is 0 Å². The predicted molar refractivity (Wildman–Crippen MR) is 92.0 cm³/mol. The molecular weight excluding hydrogens is 350 g/mol. The molecule has 0 aliphatic rings. The van der Waals surface area contributed by atoms with Crippen molar-refractivity contribution in [3.63, 3.8) is 0 Å². The Morgan fingerprint density at radius 3 is 2.33 bits per heavy atom. The summed E-state index contributed by atoms with van der Waals surface area (Å²) < 4.78 is 10.1. The standard InChI is InChI=1S/C17H12ClNO4S/c18-13-5-1-11(2-6-13)12-3-7-14(8-4-12)22-9-16-19-15(10-24-16)23-17(20)21/h1-8,10H,9H2,(H,20,21). The van der Waals surface area contributed by atoms with Gasteiger partial charge < -0.3 is 14.6 Å². The molecule has 3 rings (SSSR count). The van der Waals surface area contributed by atoms with Crippen LogP contribution >= 0.6 is 22.9 Å². The maximum Gasteiger partial charge on any atom is 0.512 e. The summed E-state index contributed by atoms with van der Waals surface area (Å²) in [4.78, 5) is 14.4. The summed E-state index contributed by atoms with van der Waals surface area (Å²) in [5.41, 5.74) is 2.13. The fourth-order valence-corrected chi connectivity index (χ4v) is 2.76. The van der Waals surface area contributed by atoms with Crippen LogP contribution in [-0.2, 0) is 6.61 Å². The lowest BCUT2D eigenvalue weighted by atomic mass is 10.1. The van der Waals surface area contributed by atoms with Crippen molar-refractivity contribution in [2.45, 2.75) is 6.61 Å². The Labute approximate surface area is 147 Å². The van der Waals surface area contributed by atoms with Gasteiger partial charge in [0.1, 0.15) is 17.4 Å². The molecule has 5 nitrogen and oxygen atoms in total. The summed E-state index contributed by atoms with van der Waals surface area (Å²) in [6.45, 7) is 0.244. The summed E-state index contributed by atoms with van der Waals surface area (Å²) in [6.07, 6.45) is -1.38. The second-order valence-electron chi connectivity index (χ2n) is 4.77. The van der Waals surface area contributed by atoms with Gasteiger partial charge in [0.05, 0.1) is 5.38 Å². The highest BCUT2D eigenvalue weighted by molar-refractivity contribution is 7.09. The molecule has 0 saturated carbocycles. The zero-order valence-corrected chi connectivity index (χ0v) is 13.9. The molecule has 0 saturated heterocycles. The highest BCUT2D eigenvalue weighted by Gasteiger charge is 2.07. The van der Waals surface area contributed by atoms with Gasteiger partial charge in [0.25, 0.3) is 0 Å². The quantitative estimate of drug-likeness (QED) is 0.640. The molecule has 0 spiro atoms. The number of aromatic nitrogens is 1. The molecule has 0 bridgehead atoms. The molecule has 24 heavy (non-hydrogen) atoms. The Bertz CT molecular complexity index is 831. The Balaban J connectivity index is 1.61. The normalized spacial score (nSPS) is 10.4. The Hall–Kier alpha value is -2.57. The largest absolute Gasteiger partial charge is 0.512 e. The first-order chi connectivity index (χ1) is 11.6. The van der Waals surface area contributed by atoms with Gasteiger partial charge in [-0.1, -0.05) is 35.9 Å². The van der Waals surface area contributed by atoms with Crippen LogP contribution in [0.15, 0.2) is 53.9 Å². The van der Waals surface area contributed by atoms with E-state index in [0.717, 1.165) is 11.1 Å². The first-order valence-corrected chi connectivity index (χ1v) is 8.20. The Morgan fingerprint density at radius 2 is 1.71 bits per heavy atom. The average Bonchev–Trinajstić information content (AvgIpc) is 3.01. The number of hydrogen-bond donors (Lipinski definition) is 1. The van der Waals surface area contributed by atoms with Gasteiger partial charge in [-0.05, 0) is 35.4 Å². The van der Waals surface area contributed by atoms with Crippen LogP contribution < -0.4 is 9.47 Å². The fourth-order valence-electron chi connectivity index (χ4n) is 2.03. The highest BCUT2D eigenvalue weighted by atomic mass is 35.5. The van der Waals surface area contributed by atoms with E-state index in [1.807, 2.05) is 48.5 Å². The highest BCUT2D eigenvalue weighted by Crippen LogP contribution is 2.25. The van der Waals surface area contributed by atoms with Crippen LogP contribution in [0.5, 0.6) is 11.6 Å². The number of halogens is 1. The van der Waals surface area contributed by atoms with Crippen molar-refractivity contribution < 1.29 is 19.4 Å². The molecule has 7 heteroatoms. The van der Waals surface area contributed by atoms with Crippen LogP contribution in [0.2, 0.25) is 5.02 Å². The minimum absolute atomic E-state index is 0.0594. The van der Waals surface area contributed by atoms with Crippen molar-refractivity contribution in [1.82, 2.24) is 4.98 Å². The minimum Gasteiger partial charge on any atom is -0.486 e. The molecule has 0 aliphatic heterocycles. The molecule has 2 aromatic carbocycles. The van der Waals surface area contributed by atoms with E-state index in [4.69, 9.17) is 21.4 Å². The number of ether oxygens (including phenoxy) is 2. The number of nitrogens with zero attached hydrogens (tertiary/aromatic N) is 1. The van der Waals surface area contributed by atoms with Crippen molar-refractivity contribution in [2.75, 3.05) is 0 Å². The summed E-state index contributed by atoms with van der Waals surface area (Å²) in [5, 5.41) is 11.4. The van der Waals surface area contributed by atoms with Gasteiger partial charge in [-0.25, -0.2) is 9.78 Å². The van der Waals surface area contributed by atoms with Crippen molar-refractivity contribution in [1.29, 1.82) is 0 Å². The van der Waals surface area contributed by atoms with Gasteiger partial charge >= 0.3 is 6.16 Å². The number of hydrogen-bond acceptors (Lipinski definition) is 5. The van der Waals surface area contributed by atoms with Gasteiger partial charge in [0.2, 0.25) is 5.88 Å². The first-order valence-electron chi connectivity index (χ1n) is 6.94. The third kappa shape index (κ3) is 4.24. The smallest absolute Gasteiger partial charge is 0.486 e. The van der Waals surface area contributed by atoms with Crippen molar-refractivity contribution >= 4 is 29.1 Å². The molecule has 0 amide bonds. The molecule has 0 aliphatic carbocycles. The van der Waals surface area contributed by atoms with Gasteiger partial charge in [-0.15, -0.1) is 11.3 Å². The summed E-state index contributed by atoms with van der Waals surface area (Å²) >= 11 is 7.16. The van der Waals surface area contributed by atoms with E-state index in [1.165, 1.54) is 16.7 Å². The molecular formula is C17H12ClNO4S. The monoisotopic (exact) mass is 361 g/mol. The lowest BCUT2D eigenvalue weighted by molar-refractivity contribution is 0.142. The predicted octanol–water partition coefficient (Wildman–Crippen LogP) is 5.10. The lowest BCUT2D eigenvalue weighted by Gasteiger charge is -2.06. The summed E-state index contributed by atoms with van der Waals surface area (Å²) in [5.74, 6) is 0.757. The third-order valence-electron chi connectivity index (χ3n) is 3.12. The van der Waals surface area contributed by atoms with Gasteiger partial charge in [0.15, 0.2) is 0 Å². The topological polar surface area (TPSA) is 68.7 Å². The van der Waals surface area contributed by atoms with Gasteiger partial charge in [0, 0.05) is 5.02 Å². The number of rotatable bonds is 5. The Morgan fingerprint density at radius 1 is 1.08 bits per heavy atom. The maximum atomic E-state index is 10.4. The van der Waals surface area contributed by atoms with E-state index >= 15 is 0 Å². The molecule has 1 N–H and O–H groups in total. The second-order valence-corrected chi connectivity index (χ2v) is 6.15. The van der Waals surface area contributed by atoms with E-state index in [-0.39, 0.29) is 12.5 Å². The molecule has 0 radical (unpaired) electrons. The summed E-state index contributed by atoms with van der Waals surface area (Å²) in [6, 6.07) is 15.3. The van der Waals surface area contributed by atoms with E-state index in [9.17, 15) is 4.79 Å². The van der Waals surface area contributed by atoms with E-state index in [1.54, 1.807) is 0 Å². The van der Waals surface area contributed by atoms with E-state index in [0.29, 0.717) is 15.8 Å². The molecule has 1 aromatic heterocycles. The zero-order valence-electron chi connectivity index (χ0n) is 12.3. The molecule has 0 atom stereocenters. The number of thiazole rings is 1. The second kappa shape index (κ2) is 7.33. The van der Waals surface area contributed by atoms with Crippen LogP contribution in [0.3, 0.4) is 0 Å². The van der Waals surface area contributed by atoms with Crippen LogP contribution in [0, 0.1) is 0 Å². The van der Waals surface area contributed by atoms with Crippen LogP contribution in [-0.4, -0.2) is 16.2 Å². The Kier molecular flexibility index (Phi) is 4.98. The van der Waals surface area contributed by atoms with Crippen molar-refractivity contribution in [3.8, 4) is 22.8 Å². The number of benzene rings is 2. The van der Waals surface area contributed by atoms with E-state index in [2.05, 4.69) is 9.72 Å². The van der Waals surface area contributed by atoms with E-state index < -0.39 is 6.16 Å². The average molecular weight is 362 g/mol. The molecule has 1 heterocycles. The molecule has 0 fully saturated rings. The van der Waals surface area contributed by atoms with Crippen LogP contribution in [0.25, 0.3) is 11.1 Å². The molecule has 122 valence electrons. The SMILES string of the molecule is O=C(O)Oc1csc(COc2ccc(-c3ccc(Cl)cc3)cc2)n1. The summed E-state index contributed by atoms with van der Waals surface area (Å²) in [7, 11) is 0. The fraction of sp³-hybridized carbons (Fsp3) is 0.0588. The molecule has 3 aromatic rings. The minimum atomic E-state index is -1.38. The van der Waals surface area contributed by atoms with Gasteiger partial charge in [-0.2, -0.15) is 0 Å². The maximum absolute atomic E-state index is 10.4. The molecule has 0 unspecified atom stereocenters. The number of carbonyl (C=O) groups is 1. The van der Waals surface area contributed by atoms with Crippen LogP contribution in [0.1, 0.15) is 5.01 Å². The van der Waals surface area contributed by atoms with Gasteiger partial charge in [-0.3, -0.25) is 0 Å². The first kappa shape index (κ1) is 16.3. The van der Waals surface area contributed by atoms with Crippen molar-refractivity contribution in [3.05, 3.63) is 63.9 Å². The zero-order chi connectivity index (χ0) is 16.9. The number of carboxylic acid groups (broad SMARTS) is 1. The third-order valence-corrected chi connectivity index (χ3v) is 4.17. The lowest BCUT2D eigenvalue weighted by Crippen LogP contribution is -2.03.